The summed E-state index contributed by atoms with van der Waals surface area (Å²) in [6.45, 7) is 4.31. The van der Waals surface area contributed by atoms with Gasteiger partial charge in [-0.05, 0) is 36.0 Å². The lowest BCUT2D eigenvalue weighted by Crippen LogP contribution is -1.98. The second kappa shape index (κ2) is 5.75. The Morgan fingerprint density at radius 2 is 2.00 bits per heavy atom. The molecule has 0 saturated heterocycles. The van der Waals surface area contributed by atoms with Crippen molar-refractivity contribution in [1.29, 1.82) is 0 Å². The molecule has 0 spiro atoms. The van der Waals surface area contributed by atoms with Gasteiger partial charge in [0.05, 0.1) is 7.11 Å². The Hall–Kier alpha value is -1.22. The maximum absolute atomic E-state index is 9.83. The predicted octanol–water partition coefficient (Wildman–Crippen LogP) is 2.45. The lowest BCUT2D eigenvalue weighted by molar-refractivity contribution is 0.287. The van der Waals surface area contributed by atoms with E-state index in [-0.39, 0.29) is 12.4 Å². The number of aromatic hydroxyl groups is 1. The maximum Gasteiger partial charge on any atom is 0.163 e. The number of aliphatic hydroxyl groups excluding tert-OH is 1. The van der Waals surface area contributed by atoms with Crippen molar-refractivity contribution < 1.29 is 14.9 Å². The van der Waals surface area contributed by atoms with Crippen molar-refractivity contribution in [2.75, 3.05) is 13.7 Å². The van der Waals surface area contributed by atoms with Gasteiger partial charge in [-0.3, -0.25) is 0 Å². The molecular weight excluding hydrogens is 204 g/mol. The third-order valence-electron chi connectivity index (χ3n) is 2.64. The molecule has 0 aliphatic carbocycles. The Bertz CT molecular complexity index is 345. The number of aliphatic hydroxyl groups is 1. The van der Waals surface area contributed by atoms with Gasteiger partial charge in [0.1, 0.15) is 0 Å². The normalized spacial score (nSPS) is 10.8. The summed E-state index contributed by atoms with van der Waals surface area (Å²) in [5.41, 5.74) is 2.05. The van der Waals surface area contributed by atoms with E-state index in [4.69, 9.17) is 9.84 Å². The van der Waals surface area contributed by atoms with Crippen molar-refractivity contribution in [3.05, 3.63) is 23.3 Å². The minimum absolute atomic E-state index is 0.149. The maximum atomic E-state index is 9.83. The number of ether oxygens (including phenoxy) is 1. The second-order valence-corrected chi connectivity index (χ2v) is 4.21. The fourth-order valence-corrected chi connectivity index (χ4v) is 1.72. The van der Waals surface area contributed by atoms with Crippen LogP contribution in [0.1, 0.15) is 37.3 Å². The highest BCUT2D eigenvalue weighted by atomic mass is 16.5. The van der Waals surface area contributed by atoms with Crippen LogP contribution in [0, 0.1) is 0 Å². The van der Waals surface area contributed by atoms with E-state index in [0.717, 1.165) is 11.1 Å². The van der Waals surface area contributed by atoms with Crippen LogP contribution in [0.4, 0.5) is 0 Å². The molecule has 1 aromatic carbocycles. The predicted molar refractivity (Wildman–Crippen MR) is 64.2 cm³/mol. The topological polar surface area (TPSA) is 49.7 Å². The standard InChI is InChI=1S/C13H20O3/c1-9(2)11-7-10(5-4-6-14)13(16-3)12(15)8-11/h7-9,14-15H,4-6H2,1-3H3. The van der Waals surface area contributed by atoms with Crippen LogP contribution < -0.4 is 4.74 Å². The molecule has 0 fully saturated rings. The number of phenolic OH excluding ortho intramolecular Hbond substituents is 1. The van der Waals surface area contributed by atoms with Crippen molar-refractivity contribution in [1.82, 2.24) is 0 Å². The summed E-state index contributed by atoms with van der Waals surface area (Å²) in [4.78, 5) is 0. The van der Waals surface area contributed by atoms with Gasteiger partial charge >= 0.3 is 0 Å². The average molecular weight is 224 g/mol. The number of phenols is 1. The Kier molecular flexibility index (Phi) is 4.62. The zero-order chi connectivity index (χ0) is 12.1. The first-order valence-electron chi connectivity index (χ1n) is 5.60. The molecular formula is C13H20O3. The van der Waals surface area contributed by atoms with Gasteiger partial charge in [0.2, 0.25) is 0 Å². The molecule has 0 atom stereocenters. The molecule has 0 aliphatic rings. The van der Waals surface area contributed by atoms with Gasteiger partial charge < -0.3 is 14.9 Å². The molecule has 0 bridgehead atoms. The molecule has 0 saturated carbocycles. The highest BCUT2D eigenvalue weighted by Gasteiger charge is 2.12. The molecule has 0 radical (unpaired) electrons. The van der Waals surface area contributed by atoms with Gasteiger partial charge in [-0.2, -0.15) is 0 Å². The fourth-order valence-electron chi connectivity index (χ4n) is 1.72. The summed E-state index contributed by atoms with van der Waals surface area (Å²) < 4.78 is 5.18. The summed E-state index contributed by atoms with van der Waals surface area (Å²) in [6.07, 6.45) is 1.39. The molecule has 1 aromatic rings. The molecule has 16 heavy (non-hydrogen) atoms. The van der Waals surface area contributed by atoms with Crippen LogP contribution in [0.15, 0.2) is 12.1 Å². The van der Waals surface area contributed by atoms with Crippen LogP contribution in [0.3, 0.4) is 0 Å². The first-order valence-corrected chi connectivity index (χ1v) is 5.60. The highest BCUT2D eigenvalue weighted by molar-refractivity contribution is 5.49. The minimum atomic E-state index is 0.149. The van der Waals surface area contributed by atoms with Gasteiger partial charge in [0, 0.05) is 6.61 Å². The molecule has 1 rings (SSSR count). The first kappa shape index (κ1) is 12.8. The van der Waals surface area contributed by atoms with E-state index in [1.165, 1.54) is 0 Å². The largest absolute Gasteiger partial charge is 0.504 e. The molecule has 0 amide bonds. The van der Waals surface area contributed by atoms with Gasteiger partial charge in [-0.25, -0.2) is 0 Å². The van der Waals surface area contributed by atoms with Crippen LogP contribution in [-0.4, -0.2) is 23.9 Å². The third-order valence-corrected chi connectivity index (χ3v) is 2.64. The SMILES string of the molecule is COc1c(O)cc(C(C)C)cc1CCCO. The summed E-state index contributed by atoms with van der Waals surface area (Å²) in [5.74, 6) is 1.07. The molecule has 3 heteroatoms. The third kappa shape index (κ3) is 2.89. The number of rotatable bonds is 5. The van der Waals surface area contributed by atoms with E-state index in [1.54, 1.807) is 13.2 Å². The monoisotopic (exact) mass is 224 g/mol. The van der Waals surface area contributed by atoms with E-state index >= 15 is 0 Å². The lowest BCUT2D eigenvalue weighted by atomic mass is 9.97. The second-order valence-electron chi connectivity index (χ2n) is 4.21. The summed E-state index contributed by atoms with van der Waals surface area (Å²) in [6, 6.07) is 3.78. The van der Waals surface area contributed by atoms with Gasteiger partial charge in [-0.1, -0.05) is 19.9 Å². The van der Waals surface area contributed by atoms with E-state index in [9.17, 15) is 5.11 Å². The Balaban J connectivity index is 3.09. The summed E-state index contributed by atoms with van der Waals surface area (Å²) >= 11 is 0. The zero-order valence-electron chi connectivity index (χ0n) is 10.2. The van der Waals surface area contributed by atoms with Crippen molar-refractivity contribution in [3.8, 4) is 11.5 Å². The molecule has 0 unspecified atom stereocenters. The summed E-state index contributed by atoms with van der Waals surface area (Å²) in [7, 11) is 1.55. The minimum Gasteiger partial charge on any atom is -0.504 e. The van der Waals surface area contributed by atoms with E-state index in [0.29, 0.717) is 24.5 Å². The number of methoxy groups -OCH3 is 1. The van der Waals surface area contributed by atoms with Gasteiger partial charge in [0.15, 0.2) is 11.5 Å². The van der Waals surface area contributed by atoms with E-state index < -0.39 is 0 Å². The number of benzene rings is 1. The smallest absolute Gasteiger partial charge is 0.163 e. The molecule has 0 heterocycles. The van der Waals surface area contributed by atoms with Gasteiger partial charge in [0.25, 0.3) is 0 Å². The average Bonchev–Trinajstić information content (AvgIpc) is 2.25. The van der Waals surface area contributed by atoms with Crippen molar-refractivity contribution in [2.24, 2.45) is 0 Å². The zero-order valence-corrected chi connectivity index (χ0v) is 10.2. The van der Waals surface area contributed by atoms with Gasteiger partial charge in [-0.15, -0.1) is 0 Å². The lowest BCUT2D eigenvalue weighted by Gasteiger charge is -2.14. The summed E-state index contributed by atoms with van der Waals surface area (Å²) in [5, 5.41) is 18.7. The molecule has 3 nitrogen and oxygen atoms in total. The quantitative estimate of drug-likeness (QED) is 0.807. The molecule has 0 aliphatic heterocycles. The number of hydrogen-bond donors (Lipinski definition) is 2. The molecule has 2 N–H and O–H groups in total. The van der Waals surface area contributed by atoms with Crippen LogP contribution in [0.2, 0.25) is 0 Å². The Labute approximate surface area is 96.7 Å². The fraction of sp³-hybridized carbons (Fsp3) is 0.538. The van der Waals surface area contributed by atoms with E-state index in [1.807, 2.05) is 6.07 Å². The number of aryl methyl sites for hydroxylation is 1. The van der Waals surface area contributed by atoms with E-state index in [2.05, 4.69) is 13.8 Å². The number of hydrogen-bond acceptors (Lipinski definition) is 3. The molecule has 90 valence electrons. The van der Waals surface area contributed by atoms with Crippen molar-refractivity contribution in [3.63, 3.8) is 0 Å². The van der Waals surface area contributed by atoms with Crippen LogP contribution in [0.5, 0.6) is 11.5 Å². The van der Waals surface area contributed by atoms with Crippen molar-refractivity contribution in [2.45, 2.75) is 32.6 Å². The highest BCUT2D eigenvalue weighted by Crippen LogP contribution is 2.34. The Morgan fingerprint density at radius 3 is 2.50 bits per heavy atom. The first-order chi connectivity index (χ1) is 7.60. The molecule has 0 aromatic heterocycles. The van der Waals surface area contributed by atoms with Crippen LogP contribution >= 0.6 is 0 Å². The van der Waals surface area contributed by atoms with Crippen LogP contribution in [-0.2, 0) is 6.42 Å². The Morgan fingerprint density at radius 1 is 1.31 bits per heavy atom. The van der Waals surface area contributed by atoms with Crippen LogP contribution in [0.25, 0.3) is 0 Å². The van der Waals surface area contributed by atoms with Crippen molar-refractivity contribution >= 4 is 0 Å².